The molecule has 1 aromatic heterocycles. The summed E-state index contributed by atoms with van der Waals surface area (Å²) in [6.45, 7) is 8.82. The predicted octanol–water partition coefficient (Wildman–Crippen LogP) is 8.43. The highest BCUT2D eigenvalue weighted by Gasteiger charge is 2.28. The number of aromatic nitrogens is 1. The van der Waals surface area contributed by atoms with Crippen LogP contribution in [0, 0.1) is 13.8 Å². The van der Waals surface area contributed by atoms with Crippen LogP contribution in [0.2, 0.25) is 0 Å². The van der Waals surface area contributed by atoms with Gasteiger partial charge in [0.25, 0.3) is 0 Å². The normalized spacial score (nSPS) is 17.3. The maximum Gasteiger partial charge on any atom is 0.0787 e. The molecule has 1 N–H and O–H groups in total. The third kappa shape index (κ3) is 5.49. The van der Waals surface area contributed by atoms with Gasteiger partial charge in [-0.05, 0) is 92.4 Å². The number of aryl methyl sites for hydroxylation is 2. The molecule has 0 aliphatic carbocycles. The third-order valence-electron chi connectivity index (χ3n) is 6.99. The molecule has 2 heteroatoms. The summed E-state index contributed by atoms with van der Waals surface area (Å²) in [6, 6.07) is 30.1. The first kappa shape index (κ1) is 24.5. The van der Waals surface area contributed by atoms with E-state index in [0.717, 1.165) is 17.7 Å². The van der Waals surface area contributed by atoms with Crippen molar-refractivity contribution in [2.45, 2.75) is 39.7 Å². The van der Waals surface area contributed by atoms with E-state index in [9.17, 15) is 0 Å². The topological polar surface area (TPSA) is 24.9 Å². The second-order valence-corrected chi connectivity index (χ2v) is 10.3. The van der Waals surface area contributed by atoms with Crippen LogP contribution in [-0.2, 0) is 12.0 Å². The third-order valence-corrected chi connectivity index (χ3v) is 6.99. The zero-order valence-electron chi connectivity index (χ0n) is 22.1. The van der Waals surface area contributed by atoms with Crippen molar-refractivity contribution in [3.63, 3.8) is 0 Å². The summed E-state index contributed by atoms with van der Waals surface area (Å²) < 4.78 is 0. The second-order valence-electron chi connectivity index (χ2n) is 10.3. The Bertz CT molecular complexity index is 1490. The molecule has 0 bridgehead atoms. The molecule has 0 fully saturated rings. The van der Waals surface area contributed by atoms with Crippen LogP contribution >= 0.6 is 0 Å². The Morgan fingerprint density at radius 1 is 0.892 bits per heavy atom. The molecule has 1 aliphatic heterocycles. The number of pyridine rings is 1. The van der Waals surface area contributed by atoms with Crippen molar-refractivity contribution in [2.24, 2.45) is 0 Å². The van der Waals surface area contributed by atoms with E-state index in [2.05, 4.69) is 135 Å². The Labute approximate surface area is 221 Å². The van der Waals surface area contributed by atoms with E-state index in [1.54, 1.807) is 0 Å². The van der Waals surface area contributed by atoms with Crippen molar-refractivity contribution in [1.29, 1.82) is 0 Å². The van der Waals surface area contributed by atoms with Gasteiger partial charge in [-0.3, -0.25) is 4.98 Å². The Morgan fingerprint density at radius 3 is 2.41 bits per heavy atom. The number of hydrogen-bond acceptors (Lipinski definition) is 2. The Balaban J connectivity index is 1.48. The molecule has 37 heavy (non-hydrogen) atoms. The summed E-state index contributed by atoms with van der Waals surface area (Å²) in [4.78, 5) is 4.58. The van der Waals surface area contributed by atoms with E-state index in [1.807, 2.05) is 18.3 Å². The Morgan fingerprint density at radius 2 is 1.62 bits per heavy atom. The van der Waals surface area contributed by atoms with Gasteiger partial charge >= 0.3 is 0 Å². The molecule has 4 aromatic rings. The van der Waals surface area contributed by atoms with E-state index in [1.165, 1.54) is 44.5 Å². The smallest absolute Gasteiger partial charge is 0.0787 e. The molecule has 0 saturated carbocycles. The lowest BCUT2D eigenvalue weighted by Gasteiger charge is -2.33. The first-order chi connectivity index (χ1) is 17.9. The van der Waals surface area contributed by atoms with Crippen LogP contribution in [0.5, 0.6) is 0 Å². The minimum Gasteiger partial charge on any atom is -0.378 e. The molecular weight excluding hydrogens is 448 g/mol. The minimum atomic E-state index is -0.301. The van der Waals surface area contributed by atoms with Crippen LogP contribution in [0.3, 0.4) is 0 Å². The average molecular weight is 483 g/mol. The van der Waals surface area contributed by atoms with Crippen LogP contribution in [-0.4, -0.2) is 4.98 Å². The first-order valence-electron chi connectivity index (χ1n) is 12.9. The number of hydrogen-bond donors (Lipinski definition) is 1. The lowest BCUT2D eigenvalue weighted by molar-refractivity contribution is 0.521. The minimum absolute atomic E-state index is 0.301. The zero-order valence-corrected chi connectivity index (χ0v) is 22.1. The van der Waals surface area contributed by atoms with Gasteiger partial charge in [-0.15, -0.1) is 0 Å². The summed E-state index contributed by atoms with van der Waals surface area (Å²) in [7, 11) is 0. The summed E-state index contributed by atoms with van der Waals surface area (Å²) in [5, 5.41) is 3.65. The maximum absolute atomic E-state index is 4.58. The molecule has 0 spiro atoms. The van der Waals surface area contributed by atoms with Gasteiger partial charge in [-0.2, -0.15) is 0 Å². The van der Waals surface area contributed by atoms with Gasteiger partial charge in [-0.25, -0.2) is 0 Å². The van der Waals surface area contributed by atoms with Crippen molar-refractivity contribution >= 4 is 11.6 Å². The quantitative estimate of drug-likeness (QED) is 0.298. The number of nitrogens with one attached hydrogen (secondary N) is 1. The number of allylic oxidation sites excluding steroid dienone is 3. The number of benzene rings is 3. The summed E-state index contributed by atoms with van der Waals surface area (Å²) in [5.74, 6) is 0. The van der Waals surface area contributed by atoms with E-state index >= 15 is 0 Å². The van der Waals surface area contributed by atoms with Gasteiger partial charge < -0.3 is 5.32 Å². The Hall–Kier alpha value is -4.17. The van der Waals surface area contributed by atoms with Gasteiger partial charge in [0.05, 0.1) is 11.2 Å². The predicted molar refractivity (Wildman–Crippen MR) is 157 cm³/mol. The molecule has 2 heterocycles. The molecule has 3 aromatic carbocycles. The van der Waals surface area contributed by atoms with Crippen LogP contribution in [0.15, 0.2) is 115 Å². The number of dihydropyridines is 1. The van der Waals surface area contributed by atoms with Gasteiger partial charge in [0.15, 0.2) is 0 Å². The largest absolute Gasteiger partial charge is 0.378 e. The highest BCUT2D eigenvalue weighted by molar-refractivity contribution is 5.77. The first-order valence-corrected chi connectivity index (χ1v) is 12.9. The highest BCUT2D eigenvalue weighted by atomic mass is 14.9. The summed E-state index contributed by atoms with van der Waals surface area (Å²) >= 11 is 0. The van der Waals surface area contributed by atoms with Crippen LogP contribution < -0.4 is 5.32 Å². The summed E-state index contributed by atoms with van der Waals surface area (Å²) in [5.41, 5.74) is 12.1. The standard InChI is InChI=1S/C35H34N2/c1-25-19-26(2)23-31(22-25)30-16-18-37-35(4,24-30)33-14-8-6-12-29(33)21-27(3)20-28-11-5-7-13-32(28)34-15-9-10-17-36-34/h5-20,22-24,37H,21H2,1-4H3/b27-20+. The molecule has 2 nitrogen and oxygen atoms in total. The van der Waals surface area contributed by atoms with Crippen molar-refractivity contribution in [2.75, 3.05) is 0 Å². The fraction of sp³-hybridized carbons (Fsp3) is 0.171. The monoisotopic (exact) mass is 482 g/mol. The fourth-order valence-electron chi connectivity index (χ4n) is 5.36. The molecule has 0 saturated heterocycles. The maximum atomic E-state index is 4.58. The molecule has 1 unspecified atom stereocenters. The second kappa shape index (κ2) is 10.4. The van der Waals surface area contributed by atoms with E-state index in [-0.39, 0.29) is 5.54 Å². The SMILES string of the molecule is C/C(=C\c1ccccc1-c1ccccn1)Cc1ccccc1C1(C)C=C(c2cc(C)cc(C)c2)C=CN1. The van der Waals surface area contributed by atoms with Crippen molar-refractivity contribution in [3.8, 4) is 11.3 Å². The van der Waals surface area contributed by atoms with E-state index < -0.39 is 0 Å². The molecule has 5 rings (SSSR count). The zero-order chi connectivity index (χ0) is 25.8. The van der Waals surface area contributed by atoms with Crippen LogP contribution in [0.1, 0.15) is 47.2 Å². The van der Waals surface area contributed by atoms with Crippen molar-refractivity contribution in [3.05, 3.63) is 148 Å². The lowest BCUT2D eigenvalue weighted by Crippen LogP contribution is -2.36. The fourth-order valence-corrected chi connectivity index (χ4v) is 5.36. The number of rotatable bonds is 6. The van der Waals surface area contributed by atoms with Gasteiger partial charge in [-0.1, -0.05) is 95.6 Å². The Kier molecular flexibility index (Phi) is 6.92. The molecule has 184 valence electrons. The van der Waals surface area contributed by atoms with E-state index in [0.29, 0.717) is 0 Å². The highest BCUT2D eigenvalue weighted by Crippen LogP contribution is 2.34. The van der Waals surface area contributed by atoms with Crippen molar-refractivity contribution in [1.82, 2.24) is 10.3 Å². The molecule has 1 aliphatic rings. The summed E-state index contributed by atoms with van der Waals surface area (Å²) in [6.07, 6.45) is 11.7. The number of nitrogens with zero attached hydrogens (tertiary/aromatic N) is 1. The molecule has 1 atom stereocenters. The molecule has 0 amide bonds. The lowest BCUT2D eigenvalue weighted by atomic mass is 9.82. The van der Waals surface area contributed by atoms with Crippen LogP contribution in [0.25, 0.3) is 22.9 Å². The average Bonchev–Trinajstić information content (AvgIpc) is 2.89. The van der Waals surface area contributed by atoms with Crippen LogP contribution in [0.4, 0.5) is 0 Å². The van der Waals surface area contributed by atoms with Gasteiger partial charge in [0.1, 0.15) is 0 Å². The molecule has 0 radical (unpaired) electrons. The van der Waals surface area contributed by atoms with Crippen molar-refractivity contribution < 1.29 is 0 Å². The van der Waals surface area contributed by atoms with Gasteiger partial charge in [0, 0.05) is 11.8 Å². The molecular formula is C35H34N2. The van der Waals surface area contributed by atoms with Gasteiger partial charge in [0.2, 0.25) is 0 Å². The van der Waals surface area contributed by atoms with E-state index in [4.69, 9.17) is 0 Å².